The molecule has 1 saturated heterocycles. The van der Waals surface area contributed by atoms with Gasteiger partial charge in [-0.15, -0.1) is 0 Å². The number of phenolic OH excluding ortho intramolecular Hbond substituents is 1. The number of nitrogens with one attached hydrogen (secondary N) is 1. The Labute approximate surface area is 158 Å². The van der Waals surface area contributed by atoms with Crippen LogP contribution in [0, 0.1) is 13.8 Å². The Balaban J connectivity index is 1.83. The van der Waals surface area contributed by atoms with E-state index >= 15 is 0 Å². The van der Waals surface area contributed by atoms with E-state index in [0.29, 0.717) is 28.2 Å². The summed E-state index contributed by atoms with van der Waals surface area (Å²) in [7, 11) is 2.12. The van der Waals surface area contributed by atoms with Crippen molar-refractivity contribution in [1.29, 1.82) is 0 Å². The average Bonchev–Trinajstić information content (AvgIpc) is 2.60. The highest BCUT2D eigenvalue weighted by atomic mass is 16.3. The molecule has 0 amide bonds. The van der Waals surface area contributed by atoms with Crippen LogP contribution < -0.4 is 5.43 Å². The van der Waals surface area contributed by atoms with Crippen LogP contribution in [0.2, 0.25) is 0 Å². The van der Waals surface area contributed by atoms with Gasteiger partial charge >= 0.3 is 0 Å². The van der Waals surface area contributed by atoms with Crippen LogP contribution in [0.3, 0.4) is 0 Å². The third kappa shape index (κ3) is 3.35. The lowest BCUT2D eigenvalue weighted by Gasteiger charge is -2.29. The van der Waals surface area contributed by atoms with Crippen molar-refractivity contribution in [1.82, 2.24) is 14.9 Å². The van der Waals surface area contributed by atoms with Gasteiger partial charge in [-0.2, -0.15) is 0 Å². The van der Waals surface area contributed by atoms with E-state index in [1.54, 1.807) is 18.2 Å². The highest BCUT2D eigenvalue weighted by Gasteiger charge is 2.21. The van der Waals surface area contributed by atoms with Crippen LogP contribution in [0.4, 0.5) is 0 Å². The molecule has 5 heteroatoms. The van der Waals surface area contributed by atoms with Crippen LogP contribution in [0.15, 0.2) is 35.1 Å². The molecule has 2 N–H and O–H groups in total. The molecular weight excluding hydrogens is 338 g/mol. The summed E-state index contributed by atoms with van der Waals surface area (Å²) in [5, 5.41) is 11.0. The minimum absolute atomic E-state index is 0.00382. The zero-order chi connectivity index (χ0) is 19.1. The molecule has 0 spiro atoms. The van der Waals surface area contributed by atoms with E-state index in [1.165, 1.54) is 0 Å². The first kappa shape index (κ1) is 17.7. The summed E-state index contributed by atoms with van der Waals surface area (Å²) in [6.07, 6.45) is 2.20. The summed E-state index contributed by atoms with van der Waals surface area (Å²) in [5.74, 6) is 0.535. The minimum atomic E-state index is -0.00382. The Morgan fingerprint density at radius 3 is 2.78 bits per heavy atom. The smallest absolute Gasteiger partial charge is 0.191 e. The summed E-state index contributed by atoms with van der Waals surface area (Å²) in [4.78, 5) is 23.0. The van der Waals surface area contributed by atoms with Crippen LogP contribution >= 0.6 is 0 Å². The molecule has 4 rings (SSSR count). The number of likely N-dealkylation sites (N-methyl/N-ethyl adjacent to an activating group) is 1. The minimum Gasteiger partial charge on any atom is -0.507 e. The maximum atomic E-state index is 12.6. The number of fused-ring (bicyclic) bond motifs is 1. The van der Waals surface area contributed by atoms with Crippen molar-refractivity contribution in [2.75, 3.05) is 20.1 Å². The zero-order valence-corrected chi connectivity index (χ0v) is 16.0. The predicted octanol–water partition coefficient (Wildman–Crippen LogP) is 3.72. The molecule has 1 fully saturated rings. The fourth-order valence-corrected chi connectivity index (χ4v) is 4.20. The number of hydrogen-bond donors (Lipinski definition) is 2. The van der Waals surface area contributed by atoms with E-state index in [9.17, 15) is 9.90 Å². The van der Waals surface area contributed by atoms with E-state index in [-0.39, 0.29) is 11.2 Å². The third-order valence-electron chi connectivity index (χ3n) is 5.49. The van der Waals surface area contributed by atoms with Crippen LogP contribution in [0.1, 0.15) is 35.6 Å². The number of H-pyrrole nitrogens is 1. The molecule has 27 heavy (non-hydrogen) atoms. The largest absolute Gasteiger partial charge is 0.507 e. The first-order chi connectivity index (χ1) is 12.9. The topological polar surface area (TPSA) is 69.2 Å². The van der Waals surface area contributed by atoms with Gasteiger partial charge in [-0.1, -0.05) is 6.07 Å². The molecule has 5 nitrogen and oxygen atoms in total. The maximum absolute atomic E-state index is 12.6. The van der Waals surface area contributed by atoms with Gasteiger partial charge in [0, 0.05) is 29.8 Å². The lowest BCUT2D eigenvalue weighted by molar-refractivity contribution is 0.248. The number of aromatic amines is 1. The molecule has 1 aliphatic heterocycles. The molecule has 0 saturated carbocycles. The second-order valence-corrected chi connectivity index (χ2v) is 7.76. The first-order valence-corrected chi connectivity index (χ1v) is 9.45. The number of likely N-dealkylation sites (tertiary alicyclic amines) is 1. The maximum Gasteiger partial charge on any atom is 0.191 e. The lowest BCUT2D eigenvalue weighted by Crippen LogP contribution is -2.31. The van der Waals surface area contributed by atoms with Gasteiger partial charge in [-0.25, -0.2) is 4.98 Å². The zero-order valence-electron chi connectivity index (χ0n) is 16.0. The van der Waals surface area contributed by atoms with Crippen LogP contribution in [0.25, 0.3) is 22.3 Å². The van der Waals surface area contributed by atoms with Gasteiger partial charge in [0.15, 0.2) is 5.43 Å². The number of aromatic hydroxyl groups is 1. The first-order valence-electron chi connectivity index (χ1n) is 9.45. The molecule has 3 heterocycles. The van der Waals surface area contributed by atoms with Gasteiger partial charge < -0.3 is 15.0 Å². The normalized spacial score (nSPS) is 18.1. The van der Waals surface area contributed by atoms with Crippen LogP contribution in [0.5, 0.6) is 5.75 Å². The lowest BCUT2D eigenvalue weighted by atomic mass is 9.94. The number of benzene rings is 1. The molecule has 0 unspecified atom stereocenters. The number of hydrogen-bond acceptors (Lipinski definition) is 4. The number of rotatable bonds is 2. The van der Waals surface area contributed by atoms with Crippen molar-refractivity contribution in [3.8, 4) is 17.0 Å². The highest BCUT2D eigenvalue weighted by Crippen LogP contribution is 2.33. The summed E-state index contributed by atoms with van der Waals surface area (Å²) >= 11 is 0. The molecule has 1 aliphatic rings. The van der Waals surface area contributed by atoms with E-state index < -0.39 is 0 Å². The van der Waals surface area contributed by atoms with E-state index in [4.69, 9.17) is 4.98 Å². The van der Waals surface area contributed by atoms with Crippen molar-refractivity contribution in [2.24, 2.45) is 0 Å². The molecule has 0 bridgehead atoms. The fourth-order valence-electron chi connectivity index (χ4n) is 4.20. The Morgan fingerprint density at radius 1 is 1.22 bits per heavy atom. The molecule has 0 radical (unpaired) electrons. The second kappa shape index (κ2) is 6.82. The van der Waals surface area contributed by atoms with Crippen molar-refractivity contribution < 1.29 is 5.11 Å². The quantitative estimate of drug-likeness (QED) is 0.728. The molecule has 3 aromatic rings. The number of phenols is 1. The van der Waals surface area contributed by atoms with Crippen molar-refractivity contribution in [3.63, 3.8) is 0 Å². The second-order valence-electron chi connectivity index (χ2n) is 7.76. The van der Waals surface area contributed by atoms with Crippen molar-refractivity contribution >= 4 is 11.0 Å². The monoisotopic (exact) mass is 363 g/mol. The van der Waals surface area contributed by atoms with Gasteiger partial charge in [0.2, 0.25) is 0 Å². The SMILES string of the molecule is Cc1cc(C)c(-c2ccc3c(=O)cc([C@@H]4CCCN(C)C4)[nH]c3n2)c(O)c1. The third-order valence-corrected chi connectivity index (χ3v) is 5.49. The number of aryl methyl sites for hydroxylation is 2. The molecular formula is C22H25N3O2. The predicted molar refractivity (Wildman–Crippen MR) is 108 cm³/mol. The standard InChI is InChI=1S/C22H25N3O2/c1-13-9-14(2)21(20(27)10-13)17-7-6-16-19(26)11-18(24-22(16)23-17)15-5-4-8-25(3)12-15/h6-7,9-11,15,27H,4-5,8,12H2,1-3H3,(H,23,24,26)/t15-/m1/s1. The van der Waals surface area contributed by atoms with Crippen molar-refractivity contribution in [2.45, 2.75) is 32.6 Å². The van der Waals surface area contributed by atoms with Gasteiger partial charge in [0.25, 0.3) is 0 Å². The van der Waals surface area contributed by atoms with E-state index in [2.05, 4.69) is 16.9 Å². The van der Waals surface area contributed by atoms with Crippen LogP contribution in [-0.4, -0.2) is 40.1 Å². The van der Waals surface area contributed by atoms with E-state index in [0.717, 1.165) is 42.8 Å². The Hall–Kier alpha value is -2.66. The summed E-state index contributed by atoms with van der Waals surface area (Å²) in [5.41, 5.74) is 4.89. The molecule has 140 valence electrons. The summed E-state index contributed by atoms with van der Waals surface area (Å²) in [6, 6.07) is 9.10. The van der Waals surface area contributed by atoms with E-state index in [1.807, 2.05) is 26.0 Å². The number of nitrogens with zero attached hydrogens (tertiary/aromatic N) is 2. The average molecular weight is 363 g/mol. The molecule has 1 atom stereocenters. The molecule has 1 aromatic carbocycles. The van der Waals surface area contributed by atoms with Gasteiger partial charge in [-0.3, -0.25) is 4.79 Å². The number of pyridine rings is 2. The van der Waals surface area contributed by atoms with Crippen molar-refractivity contribution in [3.05, 3.63) is 57.4 Å². The van der Waals surface area contributed by atoms with Gasteiger partial charge in [-0.05, 0) is 69.6 Å². The fraction of sp³-hybridized carbons (Fsp3) is 0.364. The number of aromatic nitrogens is 2. The molecule has 2 aromatic heterocycles. The Kier molecular flexibility index (Phi) is 4.48. The molecule has 0 aliphatic carbocycles. The Morgan fingerprint density at radius 2 is 2.04 bits per heavy atom. The Bertz CT molecular complexity index is 1050. The summed E-state index contributed by atoms with van der Waals surface area (Å²) < 4.78 is 0. The number of piperidine rings is 1. The highest BCUT2D eigenvalue weighted by molar-refractivity contribution is 5.80. The van der Waals surface area contributed by atoms with Gasteiger partial charge in [0.1, 0.15) is 11.4 Å². The van der Waals surface area contributed by atoms with Crippen LogP contribution in [-0.2, 0) is 0 Å². The van der Waals surface area contributed by atoms with Gasteiger partial charge in [0.05, 0.1) is 11.1 Å². The summed E-state index contributed by atoms with van der Waals surface area (Å²) in [6.45, 7) is 5.96.